The summed E-state index contributed by atoms with van der Waals surface area (Å²) in [7, 11) is 2.19. The van der Waals surface area contributed by atoms with Crippen LogP contribution < -0.4 is 5.32 Å². The topological polar surface area (TPSA) is 18.5 Å². The van der Waals surface area contributed by atoms with E-state index in [4.69, 9.17) is 0 Å². The third kappa shape index (κ3) is 5.36. The lowest BCUT2D eigenvalue weighted by atomic mass is 9.91. The van der Waals surface area contributed by atoms with Crippen LogP contribution in [0.1, 0.15) is 33.6 Å². The summed E-state index contributed by atoms with van der Waals surface area (Å²) < 4.78 is 0. The van der Waals surface area contributed by atoms with E-state index < -0.39 is 0 Å². The molecule has 0 spiro atoms. The molecule has 0 aromatic heterocycles. The summed E-state index contributed by atoms with van der Waals surface area (Å²) in [6.07, 6.45) is 2.77. The van der Waals surface area contributed by atoms with Crippen molar-refractivity contribution >= 4 is 0 Å². The van der Waals surface area contributed by atoms with E-state index in [-0.39, 0.29) is 0 Å². The summed E-state index contributed by atoms with van der Waals surface area (Å²) in [4.78, 5) is 4.95. The van der Waals surface area contributed by atoms with Crippen LogP contribution in [0, 0.1) is 5.92 Å². The highest BCUT2D eigenvalue weighted by Gasteiger charge is 2.23. The van der Waals surface area contributed by atoms with E-state index in [0.29, 0.717) is 6.04 Å². The van der Waals surface area contributed by atoms with Crippen LogP contribution in [-0.2, 0) is 0 Å². The lowest BCUT2D eigenvalue weighted by Crippen LogP contribution is -2.45. The van der Waals surface area contributed by atoms with Crippen molar-refractivity contribution in [2.45, 2.75) is 39.7 Å². The number of hydrogen-bond donors (Lipinski definition) is 1. The van der Waals surface area contributed by atoms with Gasteiger partial charge in [0.1, 0.15) is 0 Å². The first-order valence-electron chi connectivity index (χ1n) is 7.31. The van der Waals surface area contributed by atoms with Gasteiger partial charge >= 0.3 is 0 Å². The molecule has 1 N–H and O–H groups in total. The maximum Gasteiger partial charge on any atom is 0.0104 e. The number of nitrogens with zero attached hydrogens (tertiary/aromatic N) is 2. The van der Waals surface area contributed by atoms with Gasteiger partial charge in [-0.25, -0.2) is 0 Å². The van der Waals surface area contributed by atoms with E-state index in [9.17, 15) is 0 Å². The van der Waals surface area contributed by atoms with Gasteiger partial charge in [-0.15, -0.1) is 0 Å². The lowest BCUT2D eigenvalue weighted by Gasteiger charge is -2.35. The molecule has 102 valence electrons. The largest absolute Gasteiger partial charge is 0.313 e. The van der Waals surface area contributed by atoms with Crippen molar-refractivity contribution in [2.24, 2.45) is 5.92 Å². The number of rotatable bonds is 7. The maximum absolute atomic E-state index is 3.69. The SMILES string of the molecule is CCN(C)CCNC(C)C1CCCN(CC)C1. The second kappa shape index (κ2) is 8.06. The summed E-state index contributed by atoms with van der Waals surface area (Å²) in [6, 6.07) is 0.662. The number of hydrogen-bond acceptors (Lipinski definition) is 3. The Hall–Kier alpha value is -0.120. The van der Waals surface area contributed by atoms with Crippen LogP contribution in [0.4, 0.5) is 0 Å². The highest BCUT2D eigenvalue weighted by atomic mass is 15.1. The fraction of sp³-hybridized carbons (Fsp3) is 1.00. The molecular formula is C14H31N3. The normalized spacial score (nSPS) is 24.2. The molecule has 1 aliphatic rings. The van der Waals surface area contributed by atoms with E-state index >= 15 is 0 Å². The quantitative estimate of drug-likeness (QED) is 0.731. The molecule has 3 nitrogen and oxygen atoms in total. The minimum Gasteiger partial charge on any atom is -0.313 e. The Morgan fingerprint density at radius 1 is 1.41 bits per heavy atom. The Bertz CT molecular complexity index is 196. The number of likely N-dealkylation sites (tertiary alicyclic amines) is 1. The number of likely N-dealkylation sites (N-methyl/N-ethyl adjacent to an activating group) is 1. The monoisotopic (exact) mass is 241 g/mol. The number of piperidine rings is 1. The van der Waals surface area contributed by atoms with Gasteiger partial charge in [0.05, 0.1) is 0 Å². The molecule has 0 radical (unpaired) electrons. The van der Waals surface area contributed by atoms with Gasteiger partial charge in [-0.2, -0.15) is 0 Å². The molecule has 1 aliphatic heterocycles. The minimum atomic E-state index is 0.662. The molecule has 1 saturated heterocycles. The molecule has 2 atom stereocenters. The van der Waals surface area contributed by atoms with Crippen LogP contribution in [0.3, 0.4) is 0 Å². The summed E-state index contributed by atoms with van der Waals surface area (Å²) >= 11 is 0. The average molecular weight is 241 g/mol. The summed E-state index contributed by atoms with van der Waals surface area (Å²) in [6.45, 7) is 14.1. The zero-order valence-electron chi connectivity index (χ0n) is 12.2. The van der Waals surface area contributed by atoms with Crippen molar-refractivity contribution in [1.82, 2.24) is 15.1 Å². The maximum atomic E-state index is 3.69. The molecule has 0 saturated carbocycles. The van der Waals surface area contributed by atoms with Gasteiger partial charge in [0.25, 0.3) is 0 Å². The van der Waals surface area contributed by atoms with Gasteiger partial charge in [-0.1, -0.05) is 13.8 Å². The zero-order chi connectivity index (χ0) is 12.7. The van der Waals surface area contributed by atoms with E-state index in [0.717, 1.165) is 25.6 Å². The van der Waals surface area contributed by atoms with E-state index in [1.165, 1.54) is 32.5 Å². The van der Waals surface area contributed by atoms with Crippen molar-refractivity contribution in [3.8, 4) is 0 Å². The molecule has 3 heteroatoms. The van der Waals surface area contributed by atoms with Crippen LogP contribution in [0.15, 0.2) is 0 Å². The standard InChI is InChI=1S/C14H31N3/c1-5-16(4)11-9-15-13(3)14-8-7-10-17(6-2)12-14/h13-15H,5-12H2,1-4H3. The van der Waals surface area contributed by atoms with Crippen LogP contribution in [0.2, 0.25) is 0 Å². The number of nitrogens with one attached hydrogen (secondary N) is 1. The van der Waals surface area contributed by atoms with Gasteiger partial charge < -0.3 is 15.1 Å². The van der Waals surface area contributed by atoms with E-state index in [1.807, 2.05) is 0 Å². The Labute approximate surface area is 108 Å². The fourth-order valence-electron chi connectivity index (χ4n) is 2.59. The predicted octanol–water partition coefficient (Wildman–Crippen LogP) is 1.65. The molecule has 1 fully saturated rings. The first-order chi connectivity index (χ1) is 8.17. The van der Waals surface area contributed by atoms with Crippen molar-refractivity contribution in [3.63, 3.8) is 0 Å². The molecule has 0 aliphatic carbocycles. The van der Waals surface area contributed by atoms with Crippen LogP contribution in [0.5, 0.6) is 0 Å². The molecule has 17 heavy (non-hydrogen) atoms. The van der Waals surface area contributed by atoms with Crippen molar-refractivity contribution in [1.29, 1.82) is 0 Å². The van der Waals surface area contributed by atoms with Gasteiger partial charge in [0, 0.05) is 25.7 Å². The van der Waals surface area contributed by atoms with Gasteiger partial charge in [0.2, 0.25) is 0 Å². The molecule has 0 aromatic carbocycles. The molecular weight excluding hydrogens is 210 g/mol. The first kappa shape index (κ1) is 14.9. The molecule has 0 amide bonds. The van der Waals surface area contributed by atoms with Gasteiger partial charge in [-0.3, -0.25) is 0 Å². The Morgan fingerprint density at radius 2 is 2.18 bits per heavy atom. The van der Waals surface area contributed by atoms with Crippen LogP contribution >= 0.6 is 0 Å². The summed E-state index contributed by atoms with van der Waals surface area (Å²) in [5, 5.41) is 3.69. The molecule has 1 rings (SSSR count). The molecule has 1 heterocycles. The first-order valence-corrected chi connectivity index (χ1v) is 7.31. The summed E-state index contributed by atoms with van der Waals surface area (Å²) in [5.41, 5.74) is 0. The van der Waals surface area contributed by atoms with Gasteiger partial charge in [-0.05, 0) is 52.4 Å². The smallest absolute Gasteiger partial charge is 0.0104 e. The van der Waals surface area contributed by atoms with Gasteiger partial charge in [0.15, 0.2) is 0 Å². The Balaban J connectivity index is 2.20. The minimum absolute atomic E-state index is 0.662. The molecule has 0 aromatic rings. The van der Waals surface area contributed by atoms with Crippen LogP contribution in [-0.4, -0.2) is 62.2 Å². The second-order valence-electron chi connectivity index (χ2n) is 5.43. The van der Waals surface area contributed by atoms with Crippen molar-refractivity contribution in [3.05, 3.63) is 0 Å². The molecule has 0 bridgehead atoms. The van der Waals surface area contributed by atoms with E-state index in [2.05, 4.69) is 42.9 Å². The molecule has 2 unspecified atom stereocenters. The Kier molecular flexibility index (Phi) is 7.09. The highest BCUT2D eigenvalue weighted by molar-refractivity contribution is 4.80. The van der Waals surface area contributed by atoms with Crippen LogP contribution in [0.25, 0.3) is 0 Å². The lowest BCUT2D eigenvalue weighted by molar-refractivity contribution is 0.156. The zero-order valence-corrected chi connectivity index (χ0v) is 12.2. The average Bonchev–Trinajstić information content (AvgIpc) is 2.38. The fourth-order valence-corrected chi connectivity index (χ4v) is 2.59. The van der Waals surface area contributed by atoms with Crippen molar-refractivity contribution < 1.29 is 0 Å². The third-order valence-electron chi connectivity index (χ3n) is 4.20. The highest BCUT2D eigenvalue weighted by Crippen LogP contribution is 2.19. The summed E-state index contributed by atoms with van der Waals surface area (Å²) in [5.74, 6) is 0.843. The Morgan fingerprint density at radius 3 is 2.82 bits per heavy atom. The van der Waals surface area contributed by atoms with E-state index in [1.54, 1.807) is 0 Å². The second-order valence-corrected chi connectivity index (χ2v) is 5.43. The van der Waals surface area contributed by atoms with Crippen molar-refractivity contribution in [2.75, 3.05) is 46.3 Å². The predicted molar refractivity (Wildman–Crippen MR) is 75.5 cm³/mol. The third-order valence-corrected chi connectivity index (χ3v) is 4.20.